The van der Waals surface area contributed by atoms with E-state index in [1.54, 1.807) is 12.1 Å². The second-order valence-corrected chi connectivity index (χ2v) is 9.71. The van der Waals surface area contributed by atoms with E-state index in [1.165, 1.54) is 0 Å². The highest BCUT2D eigenvalue weighted by Gasteiger charge is 2.39. The molecule has 1 aliphatic rings. The van der Waals surface area contributed by atoms with E-state index in [9.17, 15) is 5.11 Å². The predicted molar refractivity (Wildman–Crippen MR) is 122 cm³/mol. The van der Waals surface area contributed by atoms with Gasteiger partial charge in [0.05, 0.1) is 11.2 Å². The molecule has 1 aromatic carbocycles. The van der Waals surface area contributed by atoms with Crippen LogP contribution in [0.5, 0.6) is 5.75 Å². The summed E-state index contributed by atoms with van der Waals surface area (Å²) < 4.78 is 0. The Hall–Kier alpha value is -3.24. The molecule has 1 aliphatic heterocycles. The standard InChI is InChI=1S/C24H28N6O/c1-23(2)12-17(13-24(3,4)29-23)30(5)22-9-8-19(27-28-22)18-10-15-6-7-16(14-25)26-20(15)11-21(18)31/h6-11,17,29,31H,12-13H2,1-5H3. The quantitative estimate of drug-likeness (QED) is 0.665. The van der Waals surface area contributed by atoms with Gasteiger partial charge in [-0.3, -0.25) is 0 Å². The van der Waals surface area contributed by atoms with Crippen LogP contribution in [0.15, 0.2) is 36.4 Å². The maximum Gasteiger partial charge on any atom is 0.151 e. The Morgan fingerprint density at radius 3 is 2.39 bits per heavy atom. The van der Waals surface area contributed by atoms with Crippen molar-refractivity contribution in [3.05, 3.63) is 42.1 Å². The van der Waals surface area contributed by atoms with Crippen LogP contribution in [0.4, 0.5) is 5.82 Å². The average Bonchev–Trinajstić information content (AvgIpc) is 2.70. The molecule has 0 saturated carbocycles. The summed E-state index contributed by atoms with van der Waals surface area (Å²) in [5.74, 6) is 0.871. The van der Waals surface area contributed by atoms with Gasteiger partial charge in [-0.1, -0.05) is 0 Å². The summed E-state index contributed by atoms with van der Waals surface area (Å²) in [6, 6.07) is 13.1. The van der Waals surface area contributed by atoms with E-state index in [4.69, 9.17) is 5.26 Å². The lowest BCUT2D eigenvalue weighted by Crippen LogP contribution is -2.62. The lowest BCUT2D eigenvalue weighted by atomic mass is 9.79. The Balaban J connectivity index is 1.61. The first-order valence-electron chi connectivity index (χ1n) is 10.5. The van der Waals surface area contributed by atoms with E-state index in [2.05, 4.69) is 60.1 Å². The lowest BCUT2D eigenvalue weighted by Gasteiger charge is -2.49. The highest BCUT2D eigenvalue weighted by atomic mass is 16.3. The molecule has 0 aliphatic carbocycles. The lowest BCUT2D eigenvalue weighted by molar-refractivity contribution is 0.160. The molecule has 4 rings (SSSR count). The number of nitriles is 1. The summed E-state index contributed by atoms with van der Waals surface area (Å²) in [4.78, 5) is 6.44. The van der Waals surface area contributed by atoms with Crippen molar-refractivity contribution in [3.8, 4) is 23.1 Å². The minimum atomic E-state index is 0.0460. The van der Waals surface area contributed by atoms with Crippen LogP contribution in [0.3, 0.4) is 0 Å². The number of nitrogens with zero attached hydrogens (tertiary/aromatic N) is 5. The Bertz CT molecular complexity index is 1150. The Labute approximate surface area is 182 Å². The van der Waals surface area contributed by atoms with Gasteiger partial charge in [-0.25, -0.2) is 4.98 Å². The number of phenolic OH excluding ortho intramolecular Hbond substituents is 1. The maximum atomic E-state index is 10.5. The Morgan fingerprint density at radius 2 is 1.77 bits per heavy atom. The second-order valence-electron chi connectivity index (χ2n) is 9.71. The fraction of sp³-hybridized carbons (Fsp3) is 0.417. The van der Waals surface area contributed by atoms with Crippen LogP contribution in [0.2, 0.25) is 0 Å². The van der Waals surface area contributed by atoms with E-state index in [0.717, 1.165) is 24.0 Å². The third kappa shape index (κ3) is 4.30. The van der Waals surface area contributed by atoms with Crippen molar-refractivity contribution in [1.82, 2.24) is 20.5 Å². The number of aromatic nitrogens is 3. The molecule has 0 amide bonds. The first-order chi connectivity index (χ1) is 14.6. The smallest absolute Gasteiger partial charge is 0.151 e. The number of phenols is 1. The summed E-state index contributed by atoms with van der Waals surface area (Å²) >= 11 is 0. The summed E-state index contributed by atoms with van der Waals surface area (Å²) in [7, 11) is 2.07. The normalized spacial score (nSPS) is 17.9. The van der Waals surface area contributed by atoms with E-state index >= 15 is 0 Å². The van der Waals surface area contributed by atoms with Crippen molar-refractivity contribution < 1.29 is 5.11 Å². The Kier molecular flexibility index (Phi) is 5.06. The van der Waals surface area contributed by atoms with Crippen LogP contribution in [0.1, 0.15) is 46.2 Å². The molecule has 7 nitrogen and oxygen atoms in total. The second kappa shape index (κ2) is 7.47. The Morgan fingerprint density at radius 1 is 1.06 bits per heavy atom. The van der Waals surface area contributed by atoms with Crippen molar-refractivity contribution in [2.45, 2.75) is 57.7 Å². The van der Waals surface area contributed by atoms with Gasteiger partial charge in [-0.05, 0) is 70.9 Å². The molecule has 1 fully saturated rings. The average molecular weight is 417 g/mol. The molecule has 0 spiro atoms. The van der Waals surface area contributed by atoms with Crippen LogP contribution in [0.25, 0.3) is 22.2 Å². The van der Waals surface area contributed by atoms with Crippen LogP contribution in [-0.2, 0) is 0 Å². The molecular formula is C24H28N6O. The molecule has 3 aromatic rings. The number of fused-ring (bicyclic) bond motifs is 1. The zero-order valence-electron chi connectivity index (χ0n) is 18.6. The molecule has 1 saturated heterocycles. The van der Waals surface area contributed by atoms with Gasteiger partial charge in [0, 0.05) is 41.2 Å². The predicted octanol–water partition coefficient (Wildman–Crippen LogP) is 4.01. The fourth-order valence-corrected chi connectivity index (χ4v) is 4.81. The minimum absolute atomic E-state index is 0.0460. The molecule has 0 radical (unpaired) electrons. The molecule has 160 valence electrons. The van der Waals surface area contributed by atoms with Gasteiger partial charge in [0.1, 0.15) is 17.5 Å². The highest BCUT2D eigenvalue weighted by molar-refractivity contribution is 5.87. The van der Waals surface area contributed by atoms with Crippen molar-refractivity contribution in [1.29, 1.82) is 5.26 Å². The highest BCUT2D eigenvalue weighted by Crippen LogP contribution is 2.34. The minimum Gasteiger partial charge on any atom is -0.507 e. The maximum absolute atomic E-state index is 10.5. The molecule has 0 atom stereocenters. The van der Waals surface area contributed by atoms with Crippen LogP contribution in [0, 0.1) is 11.3 Å². The number of pyridine rings is 1. The number of hydrogen-bond acceptors (Lipinski definition) is 7. The molecule has 7 heteroatoms. The molecular weight excluding hydrogens is 388 g/mol. The zero-order valence-corrected chi connectivity index (χ0v) is 18.6. The zero-order chi connectivity index (χ0) is 22.4. The van der Waals surface area contributed by atoms with E-state index in [-0.39, 0.29) is 16.8 Å². The fourth-order valence-electron chi connectivity index (χ4n) is 4.81. The van der Waals surface area contributed by atoms with Gasteiger partial charge in [0.25, 0.3) is 0 Å². The molecule has 3 heterocycles. The van der Waals surface area contributed by atoms with Crippen LogP contribution >= 0.6 is 0 Å². The number of rotatable bonds is 3. The van der Waals surface area contributed by atoms with E-state index in [0.29, 0.717) is 28.5 Å². The first kappa shape index (κ1) is 21.0. The summed E-state index contributed by atoms with van der Waals surface area (Å²) in [5, 5.41) is 32.9. The van der Waals surface area contributed by atoms with Crippen molar-refractivity contribution >= 4 is 16.7 Å². The number of aromatic hydroxyl groups is 1. The molecule has 31 heavy (non-hydrogen) atoms. The van der Waals surface area contributed by atoms with Gasteiger partial charge < -0.3 is 15.3 Å². The molecule has 0 bridgehead atoms. The monoisotopic (exact) mass is 416 g/mol. The van der Waals surface area contributed by atoms with E-state index in [1.807, 2.05) is 30.3 Å². The number of nitrogens with one attached hydrogen (secondary N) is 1. The summed E-state index contributed by atoms with van der Waals surface area (Å²) in [6.07, 6.45) is 2.03. The van der Waals surface area contributed by atoms with Crippen molar-refractivity contribution in [2.75, 3.05) is 11.9 Å². The summed E-state index contributed by atoms with van der Waals surface area (Å²) in [6.45, 7) is 8.95. The first-order valence-corrected chi connectivity index (χ1v) is 10.5. The number of hydrogen-bond donors (Lipinski definition) is 2. The molecule has 2 aromatic heterocycles. The third-order valence-corrected chi connectivity index (χ3v) is 5.93. The van der Waals surface area contributed by atoms with Gasteiger partial charge in [0.2, 0.25) is 0 Å². The number of piperidine rings is 1. The van der Waals surface area contributed by atoms with Gasteiger partial charge in [-0.15, -0.1) is 10.2 Å². The number of anilines is 1. The number of benzene rings is 1. The van der Waals surface area contributed by atoms with Crippen molar-refractivity contribution in [2.24, 2.45) is 0 Å². The van der Waals surface area contributed by atoms with E-state index < -0.39 is 0 Å². The largest absolute Gasteiger partial charge is 0.507 e. The SMILES string of the molecule is CN(c1ccc(-c2cc3ccc(C#N)nc3cc2O)nn1)C1CC(C)(C)NC(C)(C)C1. The van der Waals surface area contributed by atoms with Crippen molar-refractivity contribution in [3.63, 3.8) is 0 Å². The van der Waals surface area contributed by atoms with Gasteiger partial charge in [0.15, 0.2) is 5.82 Å². The van der Waals surface area contributed by atoms with Gasteiger partial charge >= 0.3 is 0 Å². The van der Waals surface area contributed by atoms with Crippen LogP contribution in [-0.4, -0.2) is 44.5 Å². The summed E-state index contributed by atoms with van der Waals surface area (Å²) in [5.41, 5.74) is 2.16. The van der Waals surface area contributed by atoms with Crippen LogP contribution < -0.4 is 10.2 Å². The van der Waals surface area contributed by atoms with Gasteiger partial charge in [-0.2, -0.15) is 5.26 Å². The third-order valence-electron chi connectivity index (χ3n) is 5.93. The topological polar surface area (TPSA) is 98.0 Å². The molecule has 2 N–H and O–H groups in total. The molecule has 0 unspecified atom stereocenters.